The van der Waals surface area contributed by atoms with Crippen molar-refractivity contribution < 1.29 is 9.53 Å². The Bertz CT molecular complexity index is 588. The minimum Gasteiger partial charge on any atom is -0.492 e. The Morgan fingerprint density at radius 2 is 2.19 bits per heavy atom. The van der Waals surface area contributed by atoms with Crippen LogP contribution in [0.25, 0.3) is 0 Å². The Kier molecular flexibility index (Phi) is 5.90. The zero-order valence-corrected chi connectivity index (χ0v) is 12.7. The van der Waals surface area contributed by atoms with Gasteiger partial charge in [0.05, 0.1) is 23.9 Å². The monoisotopic (exact) mass is 327 g/mol. The molecule has 0 spiro atoms. The highest BCUT2D eigenvalue weighted by atomic mass is 35.5. The third kappa shape index (κ3) is 4.95. The summed E-state index contributed by atoms with van der Waals surface area (Å²) in [4.78, 5) is 11.6. The fourth-order valence-corrected chi connectivity index (χ4v) is 2.02. The van der Waals surface area contributed by atoms with Crippen LogP contribution in [0, 0.1) is 0 Å². The number of nitrogens with one attached hydrogen (secondary N) is 2. The molecule has 0 unspecified atom stereocenters. The molecule has 0 saturated heterocycles. The second-order valence-electron chi connectivity index (χ2n) is 4.36. The summed E-state index contributed by atoms with van der Waals surface area (Å²) in [6, 6.07) is 7.01. The SMILES string of the molecule is O=C(CCCOc1cccc(Cl)c1Cl)NCc1ccn[nH]1. The van der Waals surface area contributed by atoms with E-state index in [9.17, 15) is 4.79 Å². The largest absolute Gasteiger partial charge is 0.492 e. The lowest BCUT2D eigenvalue weighted by molar-refractivity contribution is -0.121. The molecule has 2 N–H and O–H groups in total. The van der Waals surface area contributed by atoms with Gasteiger partial charge in [-0.3, -0.25) is 9.89 Å². The van der Waals surface area contributed by atoms with Gasteiger partial charge in [0, 0.05) is 12.6 Å². The van der Waals surface area contributed by atoms with Gasteiger partial charge in [-0.15, -0.1) is 0 Å². The third-order valence-electron chi connectivity index (χ3n) is 2.76. The molecular weight excluding hydrogens is 313 g/mol. The van der Waals surface area contributed by atoms with Gasteiger partial charge in [0.2, 0.25) is 5.91 Å². The maximum Gasteiger partial charge on any atom is 0.220 e. The highest BCUT2D eigenvalue weighted by Gasteiger charge is 2.06. The van der Waals surface area contributed by atoms with Crippen molar-refractivity contribution in [3.63, 3.8) is 0 Å². The molecule has 0 fully saturated rings. The van der Waals surface area contributed by atoms with Gasteiger partial charge in [0.15, 0.2) is 0 Å². The van der Waals surface area contributed by atoms with Crippen molar-refractivity contribution in [3.8, 4) is 5.75 Å². The summed E-state index contributed by atoms with van der Waals surface area (Å²) < 4.78 is 5.51. The average Bonchev–Trinajstić information content (AvgIpc) is 2.99. The summed E-state index contributed by atoms with van der Waals surface area (Å²) in [5.41, 5.74) is 0.866. The van der Waals surface area contributed by atoms with E-state index in [1.807, 2.05) is 6.07 Å². The smallest absolute Gasteiger partial charge is 0.220 e. The highest BCUT2D eigenvalue weighted by Crippen LogP contribution is 2.31. The van der Waals surface area contributed by atoms with Crippen LogP contribution in [0.4, 0.5) is 0 Å². The molecule has 1 heterocycles. The van der Waals surface area contributed by atoms with Crippen LogP contribution < -0.4 is 10.1 Å². The lowest BCUT2D eigenvalue weighted by atomic mass is 10.3. The quantitative estimate of drug-likeness (QED) is 0.767. The molecular formula is C14H15Cl2N3O2. The van der Waals surface area contributed by atoms with E-state index in [2.05, 4.69) is 15.5 Å². The van der Waals surface area contributed by atoms with E-state index < -0.39 is 0 Å². The fourth-order valence-electron chi connectivity index (χ4n) is 1.68. The Balaban J connectivity index is 1.65. The van der Waals surface area contributed by atoms with Crippen molar-refractivity contribution in [1.82, 2.24) is 15.5 Å². The Hall–Kier alpha value is -1.72. The van der Waals surface area contributed by atoms with Crippen LogP contribution in [0.15, 0.2) is 30.5 Å². The summed E-state index contributed by atoms with van der Waals surface area (Å²) in [5.74, 6) is 0.493. The number of carbonyl (C=O) groups is 1. The number of hydrogen-bond acceptors (Lipinski definition) is 3. The maximum absolute atomic E-state index is 11.6. The van der Waals surface area contributed by atoms with Crippen molar-refractivity contribution in [1.29, 1.82) is 0 Å². The minimum absolute atomic E-state index is 0.0367. The van der Waals surface area contributed by atoms with Gasteiger partial charge in [-0.05, 0) is 24.6 Å². The Labute approximate surface area is 132 Å². The van der Waals surface area contributed by atoms with Crippen LogP contribution >= 0.6 is 23.2 Å². The molecule has 0 bridgehead atoms. The number of amides is 1. The second-order valence-corrected chi connectivity index (χ2v) is 5.15. The highest BCUT2D eigenvalue weighted by molar-refractivity contribution is 6.42. The van der Waals surface area contributed by atoms with Crippen LogP contribution in [0.3, 0.4) is 0 Å². The molecule has 112 valence electrons. The van der Waals surface area contributed by atoms with Gasteiger partial charge in [-0.1, -0.05) is 29.3 Å². The number of halogens is 2. The van der Waals surface area contributed by atoms with Crippen molar-refractivity contribution >= 4 is 29.1 Å². The van der Waals surface area contributed by atoms with Gasteiger partial charge >= 0.3 is 0 Å². The van der Waals surface area contributed by atoms with Crippen molar-refractivity contribution in [2.75, 3.05) is 6.61 Å². The van der Waals surface area contributed by atoms with Crippen LogP contribution in [-0.2, 0) is 11.3 Å². The van der Waals surface area contributed by atoms with Gasteiger partial charge in [0.25, 0.3) is 0 Å². The van der Waals surface area contributed by atoms with Gasteiger partial charge < -0.3 is 10.1 Å². The first-order valence-corrected chi connectivity index (χ1v) is 7.24. The third-order valence-corrected chi connectivity index (χ3v) is 3.56. The van der Waals surface area contributed by atoms with E-state index in [1.165, 1.54) is 0 Å². The summed E-state index contributed by atoms with van der Waals surface area (Å²) in [6.45, 7) is 0.845. The zero-order chi connectivity index (χ0) is 15.1. The molecule has 1 aromatic heterocycles. The number of H-pyrrole nitrogens is 1. The molecule has 2 aromatic rings. The topological polar surface area (TPSA) is 67.0 Å². The van der Waals surface area contributed by atoms with Crippen LogP contribution in [0.2, 0.25) is 10.0 Å². The number of ether oxygens (including phenoxy) is 1. The first-order valence-electron chi connectivity index (χ1n) is 6.48. The molecule has 21 heavy (non-hydrogen) atoms. The van der Waals surface area contributed by atoms with Crippen LogP contribution in [-0.4, -0.2) is 22.7 Å². The predicted octanol–water partition coefficient (Wildman–Crippen LogP) is 3.19. The second kappa shape index (κ2) is 7.90. The Morgan fingerprint density at radius 1 is 1.33 bits per heavy atom. The predicted molar refractivity (Wildman–Crippen MR) is 81.6 cm³/mol. The Morgan fingerprint density at radius 3 is 2.95 bits per heavy atom. The number of aromatic nitrogens is 2. The standard InChI is InChI=1S/C14H15Cl2N3O2/c15-11-3-1-4-12(14(11)16)21-8-2-5-13(20)17-9-10-6-7-18-19-10/h1,3-4,6-7H,2,5,8-9H2,(H,17,20)(H,18,19). The van der Waals surface area contributed by atoms with E-state index in [0.717, 1.165) is 5.69 Å². The molecule has 5 nitrogen and oxygen atoms in total. The first kappa shape index (κ1) is 15.7. The fraction of sp³-hybridized carbons (Fsp3) is 0.286. The van der Waals surface area contributed by atoms with E-state index in [-0.39, 0.29) is 5.91 Å². The molecule has 0 radical (unpaired) electrons. The molecule has 0 saturated carbocycles. The lowest BCUT2D eigenvalue weighted by Crippen LogP contribution is -2.23. The lowest BCUT2D eigenvalue weighted by Gasteiger charge is -2.08. The van der Waals surface area contributed by atoms with Crippen molar-refractivity contribution in [3.05, 3.63) is 46.2 Å². The molecule has 0 aliphatic rings. The first-order chi connectivity index (χ1) is 10.2. The minimum atomic E-state index is -0.0367. The maximum atomic E-state index is 11.6. The van der Waals surface area contributed by atoms with Crippen molar-refractivity contribution in [2.24, 2.45) is 0 Å². The number of rotatable bonds is 7. The van der Waals surface area contributed by atoms with E-state index in [0.29, 0.717) is 41.8 Å². The summed E-state index contributed by atoms with van der Waals surface area (Å²) >= 11 is 11.9. The number of aromatic amines is 1. The average molecular weight is 328 g/mol. The van der Waals surface area contributed by atoms with Gasteiger partial charge in [0.1, 0.15) is 10.8 Å². The van der Waals surface area contributed by atoms with Gasteiger partial charge in [-0.25, -0.2) is 0 Å². The zero-order valence-electron chi connectivity index (χ0n) is 11.2. The number of hydrogen-bond donors (Lipinski definition) is 2. The molecule has 7 heteroatoms. The van der Waals surface area contributed by atoms with Crippen LogP contribution in [0.5, 0.6) is 5.75 Å². The number of benzene rings is 1. The summed E-state index contributed by atoms with van der Waals surface area (Å²) in [6.07, 6.45) is 2.62. The van der Waals surface area contributed by atoms with Gasteiger partial charge in [-0.2, -0.15) is 5.10 Å². The number of nitrogens with zero attached hydrogens (tertiary/aromatic N) is 1. The van der Waals surface area contributed by atoms with E-state index in [4.69, 9.17) is 27.9 Å². The molecule has 1 amide bonds. The van der Waals surface area contributed by atoms with Crippen molar-refractivity contribution in [2.45, 2.75) is 19.4 Å². The van der Waals surface area contributed by atoms with Crippen LogP contribution in [0.1, 0.15) is 18.5 Å². The summed E-state index contributed by atoms with van der Waals surface area (Å²) in [5, 5.41) is 10.2. The number of carbonyl (C=O) groups excluding carboxylic acids is 1. The van der Waals surface area contributed by atoms with E-state index >= 15 is 0 Å². The molecule has 0 aliphatic carbocycles. The van der Waals surface area contributed by atoms with E-state index in [1.54, 1.807) is 24.4 Å². The molecule has 0 aliphatic heterocycles. The molecule has 1 aromatic carbocycles. The molecule has 0 atom stereocenters. The normalized spacial score (nSPS) is 10.4. The molecule has 2 rings (SSSR count). The summed E-state index contributed by atoms with van der Waals surface area (Å²) in [7, 11) is 0.